The van der Waals surface area contributed by atoms with Crippen LogP contribution >= 0.6 is 15.9 Å². The number of ether oxygens (including phenoxy) is 2. The minimum atomic E-state index is -0.347. The average molecular weight is 465 g/mol. The van der Waals surface area contributed by atoms with Gasteiger partial charge in [0.15, 0.2) is 0 Å². The van der Waals surface area contributed by atoms with Crippen molar-refractivity contribution in [3.05, 3.63) is 107 Å². The number of hydrazone groups is 1. The van der Waals surface area contributed by atoms with Gasteiger partial charge in [-0.15, -0.1) is 0 Å². The first kappa shape index (κ1) is 21.3. The first-order valence-corrected chi connectivity index (χ1v) is 10.1. The second-order valence-electron chi connectivity index (χ2n) is 6.26. The van der Waals surface area contributed by atoms with Gasteiger partial charge in [-0.05, 0) is 57.4 Å². The van der Waals surface area contributed by atoms with Gasteiger partial charge in [-0.2, -0.15) is 5.10 Å². The van der Waals surface area contributed by atoms with Crippen LogP contribution in [0.2, 0.25) is 0 Å². The van der Waals surface area contributed by atoms with Crippen molar-refractivity contribution < 1.29 is 14.3 Å². The van der Waals surface area contributed by atoms with Crippen LogP contribution in [0.1, 0.15) is 21.5 Å². The standard InChI is InChI=1S/C24H21BrN2O3/c1-2-14-29-23-13-12-19(15-21(23)25)16-26-27-24(28)20-10-6-7-11-22(20)30-17-18-8-4-3-5-9-18/h2-13,15-16H,1,14,17H2,(H,27,28)/b26-16+. The van der Waals surface area contributed by atoms with Gasteiger partial charge in [-0.25, -0.2) is 5.43 Å². The fraction of sp³-hybridized carbons (Fsp3) is 0.0833. The van der Waals surface area contributed by atoms with Crippen LogP contribution in [0.3, 0.4) is 0 Å². The zero-order chi connectivity index (χ0) is 21.2. The largest absolute Gasteiger partial charge is 0.488 e. The number of rotatable bonds is 9. The third-order valence-corrected chi connectivity index (χ3v) is 4.68. The number of carbonyl (C=O) groups excluding carboxylic acids is 1. The summed E-state index contributed by atoms with van der Waals surface area (Å²) in [5.74, 6) is 0.862. The van der Waals surface area contributed by atoms with E-state index in [4.69, 9.17) is 9.47 Å². The zero-order valence-electron chi connectivity index (χ0n) is 16.3. The summed E-state index contributed by atoms with van der Waals surface area (Å²) in [5, 5.41) is 4.05. The molecule has 30 heavy (non-hydrogen) atoms. The second-order valence-corrected chi connectivity index (χ2v) is 7.11. The Morgan fingerprint density at radius 1 is 1.00 bits per heavy atom. The molecule has 1 N–H and O–H groups in total. The van der Waals surface area contributed by atoms with E-state index in [0.717, 1.165) is 15.6 Å². The lowest BCUT2D eigenvalue weighted by Crippen LogP contribution is -2.18. The number of halogens is 1. The fourth-order valence-corrected chi connectivity index (χ4v) is 3.12. The van der Waals surface area contributed by atoms with Crippen LogP contribution in [-0.2, 0) is 6.61 Å². The van der Waals surface area contributed by atoms with Crippen LogP contribution in [0, 0.1) is 0 Å². The molecule has 0 spiro atoms. The lowest BCUT2D eigenvalue weighted by Gasteiger charge is -2.10. The van der Waals surface area contributed by atoms with E-state index in [9.17, 15) is 4.79 Å². The molecule has 1 amide bonds. The van der Waals surface area contributed by atoms with E-state index < -0.39 is 0 Å². The Labute approximate surface area is 184 Å². The number of amides is 1. The van der Waals surface area contributed by atoms with Gasteiger partial charge in [0.1, 0.15) is 24.7 Å². The second kappa shape index (κ2) is 11.0. The first-order chi connectivity index (χ1) is 14.7. The molecule has 0 saturated carbocycles. The van der Waals surface area contributed by atoms with Crippen molar-refractivity contribution in [1.29, 1.82) is 0 Å². The Balaban J connectivity index is 1.62. The maximum absolute atomic E-state index is 12.6. The number of benzene rings is 3. The van der Waals surface area contributed by atoms with Crippen molar-refractivity contribution >= 4 is 28.1 Å². The Hall–Kier alpha value is -3.38. The van der Waals surface area contributed by atoms with Gasteiger partial charge < -0.3 is 9.47 Å². The predicted molar refractivity (Wildman–Crippen MR) is 122 cm³/mol. The molecule has 0 heterocycles. The molecule has 152 valence electrons. The molecule has 6 heteroatoms. The Kier molecular flexibility index (Phi) is 7.80. The molecule has 5 nitrogen and oxygen atoms in total. The highest BCUT2D eigenvalue weighted by Gasteiger charge is 2.11. The molecule has 0 atom stereocenters. The quantitative estimate of drug-likeness (QED) is 0.263. The lowest BCUT2D eigenvalue weighted by molar-refractivity contribution is 0.0950. The van der Waals surface area contributed by atoms with Gasteiger partial charge in [-0.3, -0.25) is 4.79 Å². The monoisotopic (exact) mass is 464 g/mol. The van der Waals surface area contributed by atoms with Crippen LogP contribution in [-0.4, -0.2) is 18.7 Å². The highest BCUT2D eigenvalue weighted by molar-refractivity contribution is 9.10. The van der Waals surface area contributed by atoms with Gasteiger partial charge in [0.25, 0.3) is 5.91 Å². The van der Waals surface area contributed by atoms with E-state index in [1.54, 1.807) is 30.5 Å². The summed E-state index contributed by atoms with van der Waals surface area (Å²) in [6.45, 7) is 4.43. The average Bonchev–Trinajstić information content (AvgIpc) is 2.78. The van der Waals surface area contributed by atoms with Crippen molar-refractivity contribution in [1.82, 2.24) is 5.43 Å². The molecular formula is C24H21BrN2O3. The molecule has 0 saturated heterocycles. The Bertz CT molecular complexity index is 1040. The summed E-state index contributed by atoms with van der Waals surface area (Å²) in [4.78, 5) is 12.6. The SMILES string of the molecule is C=CCOc1ccc(/C=N/NC(=O)c2ccccc2OCc2ccccc2)cc1Br. The Morgan fingerprint density at radius 3 is 2.53 bits per heavy atom. The summed E-state index contributed by atoms with van der Waals surface area (Å²) in [6, 6.07) is 22.4. The highest BCUT2D eigenvalue weighted by atomic mass is 79.9. The number of hydrogen-bond donors (Lipinski definition) is 1. The minimum absolute atomic E-state index is 0.347. The normalized spacial score (nSPS) is 10.6. The lowest BCUT2D eigenvalue weighted by atomic mass is 10.2. The number of nitrogens with zero attached hydrogens (tertiary/aromatic N) is 1. The van der Waals surface area contributed by atoms with E-state index >= 15 is 0 Å². The fourth-order valence-electron chi connectivity index (χ4n) is 2.60. The minimum Gasteiger partial charge on any atom is -0.488 e. The third-order valence-electron chi connectivity index (χ3n) is 4.06. The van der Waals surface area contributed by atoms with Crippen molar-refractivity contribution in [2.75, 3.05) is 6.61 Å². The molecule has 0 bridgehead atoms. The zero-order valence-corrected chi connectivity index (χ0v) is 17.8. The van der Waals surface area contributed by atoms with Crippen molar-refractivity contribution in [3.63, 3.8) is 0 Å². The topological polar surface area (TPSA) is 59.9 Å². The Morgan fingerprint density at radius 2 is 1.77 bits per heavy atom. The third kappa shape index (κ3) is 6.06. The van der Waals surface area contributed by atoms with E-state index in [-0.39, 0.29) is 5.91 Å². The summed E-state index contributed by atoms with van der Waals surface area (Å²) >= 11 is 3.46. The molecule has 0 radical (unpaired) electrons. The van der Waals surface area contributed by atoms with E-state index in [0.29, 0.717) is 30.3 Å². The van der Waals surface area contributed by atoms with E-state index in [1.165, 1.54) is 0 Å². The number of hydrogen-bond acceptors (Lipinski definition) is 4. The smallest absolute Gasteiger partial charge is 0.275 e. The van der Waals surface area contributed by atoms with Gasteiger partial charge in [0.2, 0.25) is 0 Å². The van der Waals surface area contributed by atoms with Gasteiger partial charge in [0, 0.05) is 0 Å². The van der Waals surface area contributed by atoms with Gasteiger partial charge in [-0.1, -0.05) is 55.1 Å². The van der Waals surface area contributed by atoms with Crippen LogP contribution in [0.25, 0.3) is 0 Å². The van der Waals surface area contributed by atoms with Gasteiger partial charge >= 0.3 is 0 Å². The molecule has 0 aliphatic carbocycles. The van der Waals surface area contributed by atoms with Crippen LogP contribution in [0.5, 0.6) is 11.5 Å². The highest BCUT2D eigenvalue weighted by Crippen LogP contribution is 2.25. The maximum atomic E-state index is 12.6. The summed E-state index contributed by atoms with van der Waals surface area (Å²) < 4.78 is 12.1. The van der Waals surface area contributed by atoms with Crippen molar-refractivity contribution in [2.45, 2.75) is 6.61 Å². The molecule has 0 aromatic heterocycles. The van der Waals surface area contributed by atoms with Gasteiger partial charge in [0.05, 0.1) is 16.3 Å². The summed E-state index contributed by atoms with van der Waals surface area (Å²) in [6.07, 6.45) is 3.24. The van der Waals surface area contributed by atoms with Crippen molar-refractivity contribution in [3.8, 4) is 11.5 Å². The first-order valence-electron chi connectivity index (χ1n) is 9.30. The molecule has 0 aliphatic heterocycles. The number of nitrogens with one attached hydrogen (secondary N) is 1. The molecule has 0 aliphatic rings. The number of carbonyl (C=O) groups is 1. The maximum Gasteiger partial charge on any atom is 0.275 e. The molecule has 3 rings (SSSR count). The molecule has 3 aromatic carbocycles. The van der Waals surface area contributed by atoms with Crippen molar-refractivity contribution in [2.24, 2.45) is 5.10 Å². The van der Waals surface area contributed by atoms with Crippen LogP contribution in [0.4, 0.5) is 0 Å². The van der Waals surface area contributed by atoms with E-state index in [2.05, 4.69) is 33.0 Å². The van der Waals surface area contributed by atoms with Crippen LogP contribution < -0.4 is 14.9 Å². The molecular weight excluding hydrogens is 444 g/mol. The van der Waals surface area contributed by atoms with Crippen LogP contribution in [0.15, 0.2) is 95.0 Å². The number of para-hydroxylation sites is 1. The summed E-state index contributed by atoms with van der Waals surface area (Å²) in [5.41, 5.74) is 4.79. The van der Waals surface area contributed by atoms with E-state index in [1.807, 2.05) is 54.6 Å². The summed E-state index contributed by atoms with van der Waals surface area (Å²) in [7, 11) is 0. The molecule has 0 unspecified atom stereocenters. The molecule has 0 fully saturated rings. The molecule has 3 aromatic rings. The predicted octanol–water partition coefficient (Wildman–Crippen LogP) is 5.36.